The molecule has 1 amide bonds. The van der Waals surface area contributed by atoms with Crippen LogP contribution >= 0.6 is 0 Å². The first-order chi connectivity index (χ1) is 14.3. The van der Waals surface area contributed by atoms with Crippen LogP contribution in [0.1, 0.15) is 33.8 Å². The minimum Gasteiger partial charge on any atom is -0.506 e. The van der Waals surface area contributed by atoms with Gasteiger partial charge in [0, 0.05) is 35.0 Å². The number of hydrogen-bond donors (Lipinski definition) is 4. The van der Waals surface area contributed by atoms with Crippen LogP contribution in [0.3, 0.4) is 0 Å². The van der Waals surface area contributed by atoms with Crippen molar-refractivity contribution in [2.24, 2.45) is 5.73 Å². The summed E-state index contributed by atoms with van der Waals surface area (Å²) in [6, 6.07) is 6.44. The average molecular weight is 413 g/mol. The zero-order valence-electron chi connectivity index (χ0n) is 16.1. The van der Waals surface area contributed by atoms with Crippen molar-refractivity contribution < 1.29 is 24.2 Å². The van der Waals surface area contributed by atoms with Gasteiger partial charge in [-0.15, -0.1) is 0 Å². The Hall–Kier alpha value is -4.08. The Bertz CT molecular complexity index is 1260. The Balaban J connectivity index is 2.30. The van der Waals surface area contributed by atoms with Gasteiger partial charge in [-0.3, -0.25) is 14.4 Å². The number of aromatic amines is 2. The number of aromatic nitrogens is 2. The number of ether oxygens (including phenoxy) is 2. The van der Waals surface area contributed by atoms with E-state index in [1.807, 2.05) is 0 Å². The number of carbonyl (C=O) groups excluding carboxylic acids is 2. The summed E-state index contributed by atoms with van der Waals surface area (Å²) in [4.78, 5) is 53.9. The molecule has 30 heavy (non-hydrogen) atoms. The highest BCUT2D eigenvalue weighted by molar-refractivity contribution is 5.92. The third-order valence-corrected chi connectivity index (χ3v) is 4.72. The van der Waals surface area contributed by atoms with Gasteiger partial charge in [0.1, 0.15) is 17.1 Å². The Kier molecular flexibility index (Phi) is 5.58. The van der Waals surface area contributed by atoms with Crippen molar-refractivity contribution in [3.8, 4) is 11.5 Å². The molecule has 0 aliphatic rings. The van der Waals surface area contributed by atoms with Gasteiger partial charge in [0.2, 0.25) is 5.91 Å². The molecular formula is C20H19N3O7. The van der Waals surface area contributed by atoms with Crippen LogP contribution in [0.15, 0.2) is 40.1 Å². The van der Waals surface area contributed by atoms with Crippen LogP contribution in [0.4, 0.5) is 0 Å². The number of pyridine rings is 2. The van der Waals surface area contributed by atoms with E-state index in [0.29, 0.717) is 16.7 Å². The van der Waals surface area contributed by atoms with Crippen LogP contribution in [-0.2, 0) is 9.53 Å². The summed E-state index contributed by atoms with van der Waals surface area (Å²) in [6.45, 7) is 0. The lowest BCUT2D eigenvalue weighted by atomic mass is 9.87. The molecule has 0 aliphatic carbocycles. The number of rotatable bonds is 6. The fourth-order valence-electron chi connectivity index (χ4n) is 3.28. The highest BCUT2D eigenvalue weighted by atomic mass is 16.5. The van der Waals surface area contributed by atoms with Crippen molar-refractivity contribution >= 4 is 22.8 Å². The standard InChI is InChI=1S/C20H19N3O7/c1-29-10-3-4-14-9(5-10)6-12(18(26)23-14)11(7-15(21)24)16-17(25)13(20(28)30-2)8-22-19(16)27/h3-6,8,11H,7H2,1-2H3,(H2,21,24)(H,23,26)(H2,22,25,27). The number of esters is 1. The lowest BCUT2D eigenvalue weighted by Crippen LogP contribution is -2.27. The first-order valence-corrected chi connectivity index (χ1v) is 8.79. The summed E-state index contributed by atoms with van der Waals surface area (Å²) in [5, 5.41) is 11.2. The van der Waals surface area contributed by atoms with E-state index in [4.69, 9.17) is 10.5 Å². The number of amides is 1. The Morgan fingerprint density at radius 1 is 1.17 bits per heavy atom. The zero-order valence-corrected chi connectivity index (χ0v) is 16.1. The third-order valence-electron chi connectivity index (χ3n) is 4.72. The lowest BCUT2D eigenvalue weighted by Gasteiger charge is -2.18. The van der Waals surface area contributed by atoms with Crippen molar-refractivity contribution in [2.75, 3.05) is 14.2 Å². The molecule has 1 aromatic carbocycles. The second kappa shape index (κ2) is 8.11. The number of H-pyrrole nitrogens is 2. The highest BCUT2D eigenvalue weighted by Gasteiger charge is 2.29. The van der Waals surface area contributed by atoms with Gasteiger partial charge in [-0.25, -0.2) is 4.79 Å². The number of nitrogens with one attached hydrogen (secondary N) is 2. The monoisotopic (exact) mass is 413 g/mol. The number of benzene rings is 1. The summed E-state index contributed by atoms with van der Waals surface area (Å²) in [5.41, 5.74) is 3.83. The molecule has 0 spiro atoms. The molecule has 3 rings (SSSR count). The minimum atomic E-state index is -1.21. The summed E-state index contributed by atoms with van der Waals surface area (Å²) < 4.78 is 9.77. The second-order valence-electron chi connectivity index (χ2n) is 6.52. The van der Waals surface area contributed by atoms with E-state index in [9.17, 15) is 24.3 Å². The van der Waals surface area contributed by atoms with E-state index in [0.717, 1.165) is 13.3 Å². The first-order valence-electron chi connectivity index (χ1n) is 8.79. The SMILES string of the molecule is COC(=O)c1c[nH]c(=O)c(C(CC(N)=O)c2cc3cc(OC)ccc3[nH]c2=O)c1O. The molecule has 0 saturated carbocycles. The average Bonchev–Trinajstić information content (AvgIpc) is 2.71. The number of hydrogen-bond acceptors (Lipinski definition) is 7. The summed E-state index contributed by atoms with van der Waals surface area (Å²) in [7, 11) is 2.59. The Morgan fingerprint density at radius 2 is 1.90 bits per heavy atom. The second-order valence-corrected chi connectivity index (χ2v) is 6.52. The van der Waals surface area contributed by atoms with Crippen molar-refractivity contribution in [3.63, 3.8) is 0 Å². The molecule has 0 saturated heterocycles. The van der Waals surface area contributed by atoms with Crippen LogP contribution in [-0.4, -0.2) is 41.2 Å². The number of fused-ring (bicyclic) bond motifs is 1. The zero-order chi connectivity index (χ0) is 22.0. The maximum atomic E-state index is 12.8. The van der Waals surface area contributed by atoms with E-state index in [2.05, 4.69) is 14.7 Å². The fourth-order valence-corrected chi connectivity index (χ4v) is 3.28. The molecule has 0 fully saturated rings. The molecule has 2 aromatic heterocycles. The van der Waals surface area contributed by atoms with Crippen molar-refractivity contribution in [1.29, 1.82) is 0 Å². The molecule has 10 nitrogen and oxygen atoms in total. The van der Waals surface area contributed by atoms with E-state index in [1.165, 1.54) is 13.2 Å². The van der Waals surface area contributed by atoms with Crippen LogP contribution in [0.5, 0.6) is 11.5 Å². The first kappa shape index (κ1) is 20.6. The van der Waals surface area contributed by atoms with Gasteiger partial charge in [-0.1, -0.05) is 0 Å². The molecule has 0 radical (unpaired) electrons. The van der Waals surface area contributed by atoms with Crippen LogP contribution in [0.2, 0.25) is 0 Å². The summed E-state index contributed by atoms with van der Waals surface area (Å²) >= 11 is 0. The quantitative estimate of drug-likeness (QED) is 0.432. The summed E-state index contributed by atoms with van der Waals surface area (Å²) in [6.07, 6.45) is 0.531. The maximum absolute atomic E-state index is 12.8. The molecule has 156 valence electrons. The fraction of sp³-hybridized carbons (Fsp3) is 0.200. The maximum Gasteiger partial charge on any atom is 0.343 e. The highest BCUT2D eigenvalue weighted by Crippen LogP contribution is 2.33. The summed E-state index contributed by atoms with van der Waals surface area (Å²) in [5.74, 6) is -3.09. The molecule has 1 atom stereocenters. The lowest BCUT2D eigenvalue weighted by molar-refractivity contribution is -0.118. The predicted octanol–water partition coefficient (Wildman–Crippen LogP) is 0.724. The van der Waals surface area contributed by atoms with E-state index in [-0.39, 0.29) is 16.7 Å². The van der Waals surface area contributed by atoms with Gasteiger partial charge >= 0.3 is 5.97 Å². The number of nitrogens with two attached hydrogens (primary N) is 1. The van der Waals surface area contributed by atoms with Crippen molar-refractivity contribution in [1.82, 2.24) is 9.97 Å². The number of methoxy groups -OCH3 is 2. The minimum absolute atomic E-state index is 0.0115. The smallest absolute Gasteiger partial charge is 0.343 e. The van der Waals surface area contributed by atoms with E-state index in [1.54, 1.807) is 18.2 Å². The van der Waals surface area contributed by atoms with Crippen molar-refractivity contribution in [2.45, 2.75) is 12.3 Å². The molecular weight excluding hydrogens is 394 g/mol. The van der Waals surface area contributed by atoms with Crippen molar-refractivity contribution in [3.05, 3.63) is 67.9 Å². The predicted molar refractivity (Wildman–Crippen MR) is 107 cm³/mol. The number of primary amides is 1. The van der Waals surface area contributed by atoms with Crippen LogP contribution in [0.25, 0.3) is 10.9 Å². The molecule has 0 aliphatic heterocycles. The van der Waals surface area contributed by atoms with Gasteiger partial charge in [0.15, 0.2) is 0 Å². The molecule has 3 aromatic rings. The van der Waals surface area contributed by atoms with Crippen LogP contribution < -0.4 is 21.6 Å². The molecule has 5 N–H and O–H groups in total. The molecule has 2 heterocycles. The molecule has 0 bridgehead atoms. The van der Waals surface area contributed by atoms with Gasteiger partial charge in [-0.2, -0.15) is 0 Å². The normalized spacial score (nSPS) is 11.8. The van der Waals surface area contributed by atoms with E-state index < -0.39 is 41.1 Å². The Morgan fingerprint density at radius 3 is 2.53 bits per heavy atom. The number of carbonyl (C=O) groups is 2. The largest absolute Gasteiger partial charge is 0.506 e. The topological polar surface area (TPSA) is 165 Å². The van der Waals surface area contributed by atoms with Gasteiger partial charge < -0.3 is 30.3 Å². The van der Waals surface area contributed by atoms with Gasteiger partial charge in [0.05, 0.1) is 19.8 Å². The molecule has 1 unspecified atom stereocenters. The number of aromatic hydroxyl groups is 1. The van der Waals surface area contributed by atoms with Gasteiger partial charge in [-0.05, 0) is 24.3 Å². The Labute approximate surface area is 169 Å². The molecule has 10 heteroatoms. The van der Waals surface area contributed by atoms with Crippen LogP contribution in [0, 0.1) is 0 Å². The third kappa shape index (κ3) is 3.75. The van der Waals surface area contributed by atoms with E-state index >= 15 is 0 Å². The van der Waals surface area contributed by atoms with Gasteiger partial charge in [0.25, 0.3) is 11.1 Å².